The van der Waals surface area contributed by atoms with Gasteiger partial charge in [0.1, 0.15) is 0 Å². The molecule has 4 heteroatoms. The molecule has 0 aromatic heterocycles. The van der Waals surface area contributed by atoms with Crippen LogP contribution in [0.25, 0.3) is 0 Å². The van der Waals surface area contributed by atoms with Gasteiger partial charge in [-0.3, -0.25) is 5.43 Å². The fraction of sp³-hybridized carbons (Fsp3) is 0.417. The van der Waals surface area contributed by atoms with E-state index >= 15 is 0 Å². The minimum absolute atomic E-state index is 0.449. The van der Waals surface area contributed by atoms with Gasteiger partial charge < -0.3 is 5.32 Å². The molecular weight excluding hydrogens is 200 g/mol. The first-order chi connectivity index (χ1) is 7.67. The molecule has 0 saturated heterocycles. The van der Waals surface area contributed by atoms with Crippen molar-refractivity contribution in [2.75, 3.05) is 5.32 Å². The average molecular weight is 218 g/mol. The zero-order valence-corrected chi connectivity index (χ0v) is 9.75. The summed E-state index contributed by atoms with van der Waals surface area (Å²) in [4.78, 5) is 4.43. The van der Waals surface area contributed by atoms with E-state index in [1.807, 2.05) is 0 Å². The van der Waals surface area contributed by atoms with Crippen LogP contribution >= 0.6 is 0 Å². The lowest BCUT2D eigenvalue weighted by molar-refractivity contribution is 0.966. The summed E-state index contributed by atoms with van der Waals surface area (Å²) in [7, 11) is 0. The van der Waals surface area contributed by atoms with Gasteiger partial charge in [-0.2, -0.15) is 0 Å². The predicted molar refractivity (Wildman–Crippen MR) is 67.3 cm³/mol. The van der Waals surface area contributed by atoms with Crippen molar-refractivity contribution in [2.45, 2.75) is 32.7 Å². The molecule has 4 N–H and O–H groups in total. The van der Waals surface area contributed by atoms with Gasteiger partial charge in [-0.15, -0.1) is 0 Å². The summed E-state index contributed by atoms with van der Waals surface area (Å²) in [5, 5.41) is 3.20. The molecule has 2 rings (SSSR count). The highest BCUT2D eigenvalue weighted by Crippen LogP contribution is 2.23. The monoisotopic (exact) mass is 218 g/mol. The first-order valence-electron chi connectivity index (χ1n) is 5.57. The Bertz CT molecular complexity index is 387. The lowest BCUT2D eigenvalue weighted by Crippen LogP contribution is -2.36. The van der Waals surface area contributed by atoms with Crippen molar-refractivity contribution in [3.63, 3.8) is 0 Å². The van der Waals surface area contributed by atoms with Crippen molar-refractivity contribution in [3.8, 4) is 0 Å². The molecule has 16 heavy (non-hydrogen) atoms. The lowest BCUT2D eigenvalue weighted by Gasteiger charge is -2.10. The van der Waals surface area contributed by atoms with E-state index in [1.165, 1.54) is 24.0 Å². The van der Waals surface area contributed by atoms with Gasteiger partial charge in [0.05, 0.1) is 6.04 Å². The standard InChI is InChI=1S/C12H18N4/c1-8-5-9(2)7-11(6-8)15-12(16-13)14-10-3-4-10/h5-7,10H,3-4,13H2,1-2H3,(H2,14,15,16). The number of nitrogens with one attached hydrogen (secondary N) is 2. The first kappa shape index (κ1) is 11.0. The smallest absolute Gasteiger partial charge is 0.210 e. The van der Waals surface area contributed by atoms with Crippen LogP contribution in [0.2, 0.25) is 0 Å². The van der Waals surface area contributed by atoms with Gasteiger partial charge in [0, 0.05) is 5.69 Å². The molecule has 0 unspecified atom stereocenters. The number of anilines is 1. The van der Waals surface area contributed by atoms with Crippen molar-refractivity contribution >= 4 is 11.6 Å². The molecule has 86 valence electrons. The number of rotatable bonds is 2. The molecule has 0 atom stereocenters. The van der Waals surface area contributed by atoms with E-state index in [0.29, 0.717) is 12.0 Å². The quantitative estimate of drug-likeness (QED) is 0.306. The van der Waals surface area contributed by atoms with Crippen LogP contribution in [0, 0.1) is 13.8 Å². The highest BCUT2D eigenvalue weighted by atomic mass is 15.3. The molecule has 1 aliphatic carbocycles. The highest BCUT2D eigenvalue weighted by molar-refractivity contribution is 5.93. The maximum Gasteiger partial charge on any atom is 0.210 e. The van der Waals surface area contributed by atoms with Crippen LogP contribution in [-0.4, -0.2) is 12.0 Å². The molecule has 0 aliphatic heterocycles. The third-order valence-electron chi connectivity index (χ3n) is 2.48. The van der Waals surface area contributed by atoms with Crippen LogP contribution < -0.4 is 16.6 Å². The fourth-order valence-electron chi connectivity index (χ4n) is 1.68. The highest BCUT2D eigenvalue weighted by Gasteiger charge is 2.20. The SMILES string of the molecule is Cc1cc(C)cc(NC(=NC2CC2)NN)c1. The molecule has 4 nitrogen and oxygen atoms in total. The number of guanidine groups is 1. The van der Waals surface area contributed by atoms with Crippen molar-refractivity contribution in [3.05, 3.63) is 29.3 Å². The molecule has 0 amide bonds. The maximum absolute atomic E-state index is 5.43. The van der Waals surface area contributed by atoms with E-state index in [1.54, 1.807) is 0 Å². The normalized spacial score (nSPS) is 16.1. The van der Waals surface area contributed by atoms with Crippen LogP contribution in [0.15, 0.2) is 23.2 Å². The molecule has 0 spiro atoms. The van der Waals surface area contributed by atoms with Crippen LogP contribution in [-0.2, 0) is 0 Å². The number of aryl methyl sites for hydroxylation is 2. The Kier molecular flexibility index (Phi) is 3.10. The number of hydrogen-bond donors (Lipinski definition) is 3. The van der Waals surface area contributed by atoms with E-state index in [-0.39, 0.29) is 0 Å². The number of nitrogens with two attached hydrogens (primary N) is 1. The number of hydrazine groups is 1. The summed E-state index contributed by atoms with van der Waals surface area (Å²) in [6.45, 7) is 4.15. The maximum atomic E-state index is 5.43. The van der Waals surface area contributed by atoms with Crippen molar-refractivity contribution in [2.24, 2.45) is 10.8 Å². The second kappa shape index (κ2) is 4.53. The number of aliphatic imine (C=N–C) groups is 1. The third-order valence-corrected chi connectivity index (χ3v) is 2.48. The summed E-state index contributed by atoms with van der Waals surface area (Å²) >= 11 is 0. The van der Waals surface area contributed by atoms with Gasteiger partial charge in [-0.05, 0) is 49.9 Å². The topological polar surface area (TPSA) is 62.4 Å². The Balaban J connectivity index is 2.11. The van der Waals surface area contributed by atoms with E-state index in [9.17, 15) is 0 Å². The zero-order valence-electron chi connectivity index (χ0n) is 9.75. The van der Waals surface area contributed by atoms with Crippen molar-refractivity contribution in [1.29, 1.82) is 0 Å². The molecule has 1 saturated carbocycles. The van der Waals surface area contributed by atoms with Gasteiger partial charge >= 0.3 is 0 Å². The molecule has 1 fully saturated rings. The Labute approximate surface area is 95.9 Å². The minimum atomic E-state index is 0.449. The number of benzene rings is 1. The van der Waals surface area contributed by atoms with Crippen LogP contribution in [0.1, 0.15) is 24.0 Å². The van der Waals surface area contributed by atoms with Gasteiger partial charge in [0.25, 0.3) is 0 Å². The van der Waals surface area contributed by atoms with E-state index in [4.69, 9.17) is 5.84 Å². The Morgan fingerprint density at radius 1 is 1.25 bits per heavy atom. The van der Waals surface area contributed by atoms with E-state index in [0.717, 1.165) is 5.69 Å². The molecule has 1 aromatic carbocycles. The Morgan fingerprint density at radius 2 is 1.88 bits per heavy atom. The average Bonchev–Trinajstić information content (AvgIpc) is 2.99. The Morgan fingerprint density at radius 3 is 2.38 bits per heavy atom. The number of hydrogen-bond acceptors (Lipinski definition) is 2. The van der Waals surface area contributed by atoms with Crippen LogP contribution in [0.5, 0.6) is 0 Å². The molecule has 0 bridgehead atoms. The summed E-state index contributed by atoms with van der Waals surface area (Å²) in [6, 6.07) is 6.74. The molecule has 1 aliphatic rings. The fourth-order valence-corrected chi connectivity index (χ4v) is 1.68. The summed E-state index contributed by atoms with van der Waals surface area (Å²) < 4.78 is 0. The van der Waals surface area contributed by atoms with Gasteiger partial charge in [0.2, 0.25) is 5.96 Å². The zero-order chi connectivity index (χ0) is 11.5. The second-order valence-electron chi connectivity index (χ2n) is 4.35. The molecule has 0 heterocycles. The van der Waals surface area contributed by atoms with Crippen molar-refractivity contribution in [1.82, 2.24) is 5.43 Å². The largest absolute Gasteiger partial charge is 0.325 e. The molecular formula is C12H18N4. The number of nitrogens with zero attached hydrogens (tertiary/aromatic N) is 1. The van der Waals surface area contributed by atoms with Crippen LogP contribution in [0.4, 0.5) is 5.69 Å². The minimum Gasteiger partial charge on any atom is -0.325 e. The van der Waals surface area contributed by atoms with Crippen LogP contribution in [0.3, 0.4) is 0 Å². The summed E-state index contributed by atoms with van der Waals surface area (Å²) in [6.07, 6.45) is 2.33. The van der Waals surface area contributed by atoms with E-state index < -0.39 is 0 Å². The lowest BCUT2D eigenvalue weighted by atomic mass is 10.1. The van der Waals surface area contributed by atoms with Gasteiger partial charge in [-0.25, -0.2) is 10.8 Å². The van der Waals surface area contributed by atoms with Crippen molar-refractivity contribution < 1.29 is 0 Å². The second-order valence-corrected chi connectivity index (χ2v) is 4.35. The van der Waals surface area contributed by atoms with E-state index in [2.05, 4.69) is 47.8 Å². The molecule has 0 radical (unpaired) electrons. The summed E-state index contributed by atoms with van der Waals surface area (Å²) in [5.74, 6) is 6.08. The van der Waals surface area contributed by atoms with Gasteiger partial charge in [0.15, 0.2) is 0 Å². The molecule has 1 aromatic rings. The summed E-state index contributed by atoms with van der Waals surface area (Å²) in [5.41, 5.74) is 6.08. The first-order valence-corrected chi connectivity index (χ1v) is 5.57. The third kappa shape index (κ3) is 2.97. The Hall–Kier alpha value is -1.55. The van der Waals surface area contributed by atoms with Gasteiger partial charge in [-0.1, -0.05) is 6.07 Å². The predicted octanol–water partition coefficient (Wildman–Crippen LogP) is 1.70.